The number of nitrogens with one attached hydrogen (secondary N) is 1. The highest BCUT2D eigenvalue weighted by Gasteiger charge is 2.03. The Kier molecular flexibility index (Phi) is 4.31. The van der Waals surface area contributed by atoms with E-state index < -0.39 is 0 Å². The monoisotopic (exact) mass is 279 g/mol. The van der Waals surface area contributed by atoms with Crippen LogP contribution >= 0.6 is 0 Å². The molecule has 3 nitrogen and oxygen atoms in total. The van der Waals surface area contributed by atoms with Crippen molar-refractivity contribution >= 4 is 10.9 Å². The van der Waals surface area contributed by atoms with Gasteiger partial charge in [-0.15, -0.1) is 0 Å². The van der Waals surface area contributed by atoms with Gasteiger partial charge in [-0.1, -0.05) is 25.1 Å². The second-order valence-corrected chi connectivity index (χ2v) is 5.25. The predicted molar refractivity (Wildman–Crippen MR) is 87.3 cm³/mol. The van der Waals surface area contributed by atoms with E-state index in [1.165, 1.54) is 16.5 Å². The summed E-state index contributed by atoms with van der Waals surface area (Å²) < 4.78 is 2.32. The van der Waals surface area contributed by atoms with Crippen molar-refractivity contribution in [3.05, 3.63) is 66.1 Å². The molecule has 0 aliphatic heterocycles. The number of hydrogen-bond donors (Lipinski definition) is 1. The van der Waals surface area contributed by atoms with Gasteiger partial charge in [-0.25, -0.2) is 0 Å². The van der Waals surface area contributed by atoms with Gasteiger partial charge in [0.1, 0.15) is 0 Å². The Hall–Kier alpha value is -2.13. The van der Waals surface area contributed by atoms with E-state index in [2.05, 4.69) is 58.3 Å². The average molecular weight is 279 g/mol. The fraction of sp³-hybridized carbons (Fsp3) is 0.278. The number of aryl methyl sites for hydroxylation is 2. The van der Waals surface area contributed by atoms with Crippen molar-refractivity contribution in [3.8, 4) is 0 Å². The molecule has 0 radical (unpaired) electrons. The lowest BCUT2D eigenvalue weighted by molar-refractivity contribution is 0.707. The van der Waals surface area contributed by atoms with Gasteiger partial charge in [-0.3, -0.25) is 4.98 Å². The highest BCUT2D eigenvalue weighted by molar-refractivity contribution is 5.80. The molecule has 1 aromatic carbocycles. The molecule has 3 rings (SSSR count). The zero-order valence-electron chi connectivity index (χ0n) is 12.4. The molecule has 0 saturated carbocycles. The van der Waals surface area contributed by atoms with Gasteiger partial charge >= 0.3 is 0 Å². The molecule has 0 amide bonds. The lowest BCUT2D eigenvalue weighted by atomic mass is 10.1. The number of hydrogen-bond acceptors (Lipinski definition) is 2. The number of nitrogens with zero attached hydrogens (tertiary/aromatic N) is 2. The molecule has 0 atom stereocenters. The van der Waals surface area contributed by atoms with Crippen molar-refractivity contribution in [2.24, 2.45) is 0 Å². The number of benzene rings is 1. The van der Waals surface area contributed by atoms with E-state index >= 15 is 0 Å². The molecule has 0 saturated heterocycles. The van der Waals surface area contributed by atoms with Crippen LogP contribution in [0.15, 0.2) is 54.9 Å². The number of aromatic nitrogens is 2. The van der Waals surface area contributed by atoms with Crippen LogP contribution < -0.4 is 5.32 Å². The maximum atomic E-state index is 4.39. The van der Waals surface area contributed by atoms with Gasteiger partial charge in [0.15, 0.2) is 0 Å². The second kappa shape index (κ2) is 6.55. The molecule has 0 spiro atoms. The molecule has 21 heavy (non-hydrogen) atoms. The van der Waals surface area contributed by atoms with Crippen molar-refractivity contribution in [2.75, 3.05) is 6.54 Å². The summed E-state index contributed by atoms with van der Waals surface area (Å²) >= 11 is 0. The van der Waals surface area contributed by atoms with Crippen LogP contribution in [-0.4, -0.2) is 16.1 Å². The van der Waals surface area contributed by atoms with Crippen LogP contribution in [0.2, 0.25) is 0 Å². The Morgan fingerprint density at radius 3 is 2.90 bits per heavy atom. The van der Waals surface area contributed by atoms with Crippen molar-refractivity contribution in [1.82, 2.24) is 14.9 Å². The van der Waals surface area contributed by atoms with Crippen LogP contribution in [-0.2, 0) is 19.5 Å². The van der Waals surface area contributed by atoms with E-state index in [9.17, 15) is 0 Å². The highest BCUT2D eigenvalue weighted by atomic mass is 15.0. The molecular formula is C18H21N3. The first-order chi connectivity index (χ1) is 10.4. The Balaban J connectivity index is 1.78. The minimum Gasteiger partial charge on any atom is -0.347 e. The molecule has 2 heterocycles. The van der Waals surface area contributed by atoms with E-state index in [-0.39, 0.29) is 0 Å². The van der Waals surface area contributed by atoms with Gasteiger partial charge in [0.25, 0.3) is 0 Å². The fourth-order valence-corrected chi connectivity index (χ4v) is 2.58. The largest absolute Gasteiger partial charge is 0.347 e. The van der Waals surface area contributed by atoms with Gasteiger partial charge < -0.3 is 9.88 Å². The summed E-state index contributed by atoms with van der Waals surface area (Å²) in [4.78, 5) is 4.39. The van der Waals surface area contributed by atoms with Crippen LogP contribution in [0, 0.1) is 0 Å². The van der Waals surface area contributed by atoms with E-state index in [4.69, 9.17) is 0 Å². The van der Waals surface area contributed by atoms with Crippen LogP contribution in [0.3, 0.4) is 0 Å². The Labute approximate surface area is 125 Å². The van der Waals surface area contributed by atoms with Gasteiger partial charge in [-0.05, 0) is 41.8 Å². The second-order valence-electron chi connectivity index (χ2n) is 5.25. The maximum Gasteiger partial charge on any atom is 0.0483 e. The fourth-order valence-electron chi connectivity index (χ4n) is 2.58. The zero-order valence-corrected chi connectivity index (χ0v) is 12.4. The average Bonchev–Trinajstić information content (AvgIpc) is 2.94. The number of fused-ring (bicyclic) bond motifs is 1. The van der Waals surface area contributed by atoms with Crippen molar-refractivity contribution in [2.45, 2.75) is 26.4 Å². The molecule has 3 aromatic rings. The third-order valence-electron chi connectivity index (χ3n) is 3.75. The van der Waals surface area contributed by atoms with Gasteiger partial charge in [0, 0.05) is 43.1 Å². The van der Waals surface area contributed by atoms with E-state index in [1.54, 1.807) is 0 Å². The van der Waals surface area contributed by atoms with Crippen LogP contribution in [0.5, 0.6) is 0 Å². The van der Waals surface area contributed by atoms with Crippen LogP contribution in [0.1, 0.15) is 18.2 Å². The SMILES string of the molecule is CCNCc1ccc2ccn(CCc3ccccn3)c2c1. The van der Waals surface area contributed by atoms with Gasteiger partial charge in [0.05, 0.1) is 0 Å². The summed E-state index contributed by atoms with van der Waals surface area (Å²) in [6.07, 6.45) is 4.99. The summed E-state index contributed by atoms with van der Waals surface area (Å²) in [7, 11) is 0. The summed E-state index contributed by atoms with van der Waals surface area (Å²) in [5, 5.41) is 4.68. The minimum absolute atomic E-state index is 0.928. The Bertz CT molecular complexity index is 701. The van der Waals surface area contributed by atoms with E-state index in [1.807, 2.05) is 18.3 Å². The van der Waals surface area contributed by atoms with Gasteiger partial charge in [-0.2, -0.15) is 0 Å². The van der Waals surface area contributed by atoms with Crippen molar-refractivity contribution in [3.63, 3.8) is 0 Å². The summed E-state index contributed by atoms with van der Waals surface area (Å²) in [5.41, 5.74) is 3.78. The van der Waals surface area contributed by atoms with Gasteiger partial charge in [0.2, 0.25) is 0 Å². The molecule has 0 unspecified atom stereocenters. The maximum absolute atomic E-state index is 4.39. The predicted octanol–water partition coefficient (Wildman–Crippen LogP) is 3.39. The third-order valence-corrected chi connectivity index (χ3v) is 3.75. The highest BCUT2D eigenvalue weighted by Crippen LogP contribution is 2.18. The molecule has 0 aliphatic rings. The zero-order chi connectivity index (χ0) is 14.5. The lowest BCUT2D eigenvalue weighted by Gasteiger charge is -2.07. The lowest BCUT2D eigenvalue weighted by Crippen LogP contribution is -2.11. The molecule has 2 aromatic heterocycles. The summed E-state index contributed by atoms with van der Waals surface area (Å²) in [6, 6.07) is 15.0. The minimum atomic E-state index is 0.928. The number of pyridine rings is 1. The standard InChI is InChI=1S/C18H21N3/c1-2-19-14-15-6-7-16-8-11-21(18(16)13-15)12-9-17-5-3-4-10-20-17/h3-8,10-11,13,19H,2,9,12,14H2,1H3. The number of rotatable bonds is 6. The first-order valence-electron chi connectivity index (χ1n) is 7.55. The molecular weight excluding hydrogens is 258 g/mol. The van der Waals surface area contributed by atoms with Crippen molar-refractivity contribution in [1.29, 1.82) is 0 Å². The normalized spacial score (nSPS) is 11.1. The quantitative estimate of drug-likeness (QED) is 0.749. The van der Waals surface area contributed by atoms with Crippen molar-refractivity contribution < 1.29 is 0 Å². The molecule has 0 bridgehead atoms. The smallest absolute Gasteiger partial charge is 0.0483 e. The topological polar surface area (TPSA) is 29.9 Å². The summed E-state index contributed by atoms with van der Waals surface area (Å²) in [5.74, 6) is 0. The molecule has 0 fully saturated rings. The van der Waals surface area contributed by atoms with E-state index in [0.29, 0.717) is 0 Å². The molecule has 0 aliphatic carbocycles. The van der Waals surface area contributed by atoms with Crippen LogP contribution in [0.25, 0.3) is 10.9 Å². The summed E-state index contributed by atoms with van der Waals surface area (Å²) in [6.45, 7) is 5.02. The Morgan fingerprint density at radius 2 is 2.10 bits per heavy atom. The first-order valence-corrected chi connectivity index (χ1v) is 7.55. The third kappa shape index (κ3) is 3.31. The molecule has 3 heteroatoms. The Morgan fingerprint density at radius 1 is 1.14 bits per heavy atom. The first kappa shape index (κ1) is 13.8. The van der Waals surface area contributed by atoms with E-state index in [0.717, 1.165) is 31.7 Å². The molecule has 108 valence electrons. The van der Waals surface area contributed by atoms with Crippen LogP contribution in [0.4, 0.5) is 0 Å². The molecule has 1 N–H and O–H groups in total.